The van der Waals surface area contributed by atoms with Gasteiger partial charge in [0.25, 0.3) is 0 Å². The summed E-state index contributed by atoms with van der Waals surface area (Å²) in [4.78, 5) is 22.9. The highest BCUT2D eigenvalue weighted by Gasteiger charge is 2.30. The number of morpholine rings is 1. The second-order valence-corrected chi connectivity index (χ2v) is 6.25. The van der Waals surface area contributed by atoms with Gasteiger partial charge in [0.05, 0.1) is 12.6 Å². The Labute approximate surface area is 138 Å². The number of carbonyl (C=O) groups is 1. The van der Waals surface area contributed by atoms with Crippen LogP contribution >= 0.6 is 11.3 Å². The van der Waals surface area contributed by atoms with Crippen LogP contribution in [0.1, 0.15) is 31.6 Å². The lowest BCUT2D eigenvalue weighted by atomic mass is 10.2. The molecule has 124 valence electrons. The summed E-state index contributed by atoms with van der Waals surface area (Å²) in [7, 11) is 0. The third-order valence-corrected chi connectivity index (χ3v) is 4.55. The van der Waals surface area contributed by atoms with Crippen LogP contribution in [0.25, 0.3) is 0 Å². The number of hydrogen-bond acceptors (Lipinski definition) is 7. The van der Waals surface area contributed by atoms with Gasteiger partial charge in [-0.2, -0.15) is 5.10 Å². The number of carbonyl (C=O) groups excluding carboxylic acids is 1. The second-order valence-electron chi connectivity index (χ2n) is 5.35. The molecule has 0 spiro atoms. The normalized spacial score (nSPS) is 20.3. The Bertz CT molecular complexity index is 643. The molecule has 0 bridgehead atoms. The number of ether oxygens (including phenoxy) is 1. The van der Waals surface area contributed by atoms with Gasteiger partial charge in [-0.3, -0.25) is 14.8 Å². The molecule has 2 unspecified atom stereocenters. The van der Waals surface area contributed by atoms with Crippen molar-refractivity contribution >= 4 is 22.4 Å². The fraction of sp³-hybridized carbons (Fsp3) is 0.571. The first-order chi connectivity index (χ1) is 11.2. The predicted molar refractivity (Wildman–Crippen MR) is 86.2 cm³/mol. The molecule has 3 heterocycles. The maximum Gasteiger partial charge on any atom is 0.243 e. The Morgan fingerprint density at radius 2 is 2.52 bits per heavy atom. The molecule has 8 nitrogen and oxygen atoms in total. The van der Waals surface area contributed by atoms with Gasteiger partial charge in [-0.15, -0.1) is 11.3 Å². The average Bonchev–Trinajstić information content (AvgIpc) is 3.25. The molecule has 1 aliphatic heterocycles. The topological polar surface area (TPSA) is 96.0 Å². The number of amides is 1. The van der Waals surface area contributed by atoms with Crippen LogP contribution in [0.4, 0.5) is 5.13 Å². The summed E-state index contributed by atoms with van der Waals surface area (Å²) < 4.78 is 5.76. The van der Waals surface area contributed by atoms with Gasteiger partial charge < -0.3 is 10.1 Å². The number of nitrogens with one attached hydrogen (secondary N) is 2. The first-order valence-electron chi connectivity index (χ1n) is 7.64. The third-order valence-electron chi connectivity index (χ3n) is 3.86. The van der Waals surface area contributed by atoms with Crippen molar-refractivity contribution < 1.29 is 9.53 Å². The lowest BCUT2D eigenvalue weighted by Crippen LogP contribution is -2.48. The SMILES string of the molecule is CCc1nc(C2CN(C(C)C(=O)Nc3nccs3)CCO2)n[nH]1. The zero-order valence-corrected chi connectivity index (χ0v) is 14.0. The van der Waals surface area contributed by atoms with E-state index in [1.54, 1.807) is 6.20 Å². The molecule has 23 heavy (non-hydrogen) atoms. The maximum absolute atomic E-state index is 12.3. The smallest absolute Gasteiger partial charge is 0.243 e. The van der Waals surface area contributed by atoms with Crippen LogP contribution in [0.15, 0.2) is 11.6 Å². The molecular weight excluding hydrogens is 316 g/mol. The van der Waals surface area contributed by atoms with Crippen LogP contribution in [-0.2, 0) is 16.0 Å². The van der Waals surface area contributed by atoms with Crippen molar-refractivity contribution in [2.45, 2.75) is 32.4 Å². The van der Waals surface area contributed by atoms with Gasteiger partial charge in [0.1, 0.15) is 11.9 Å². The number of aryl methyl sites for hydroxylation is 1. The van der Waals surface area contributed by atoms with E-state index >= 15 is 0 Å². The Kier molecular flexibility index (Phi) is 4.99. The summed E-state index contributed by atoms with van der Waals surface area (Å²) in [5.74, 6) is 1.43. The first-order valence-corrected chi connectivity index (χ1v) is 8.52. The van der Waals surface area contributed by atoms with E-state index in [2.05, 4.69) is 30.4 Å². The predicted octanol–water partition coefficient (Wildman–Crippen LogP) is 1.22. The minimum Gasteiger partial charge on any atom is -0.367 e. The molecule has 2 aromatic rings. The van der Waals surface area contributed by atoms with Gasteiger partial charge in [-0.05, 0) is 6.92 Å². The second kappa shape index (κ2) is 7.16. The number of thiazole rings is 1. The van der Waals surface area contributed by atoms with Gasteiger partial charge >= 0.3 is 0 Å². The fourth-order valence-corrected chi connectivity index (χ4v) is 2.98. The molecule has 2 aromatic heterocycles. The zero-order valence-electron chi connectivity index (χ0n) is 13.2. The number of nitrogens with zero attached hydrogens (tertiary/aromatic N) is 4. The molecule has 1 amide bonds. The van der Waals surface area contributed by atoms with E-state index < -0.39 is 0 Å². The monoisotopic (exact) mass is 336 g/mol. The van der Waals surface area contributed by atoms with Crippen molar-refractivity contribution in [2.75, 3.05) is 25.0 Å². The largest absolute Gasteiger partial charge is 0.367 e. The van der Waals surface area contributed by atoms with E-state index in [-0.39, 0.29) is 18.1 Å². The fourth-order valence-electron chi connectivity index (χ4n) is 2.45. The van der Waals surface area contributed by atoms with Crippen LogP contribution in [-0.4, -0.2) is 56.7 Å². The van der Waals surface area contributed by atoms with Gasteiger partial charge in [0.15, 0.2) is 11.0 Å². The van der Waals surface area contributed by atoms with Crippen molar-refractivity contribution in [3.8, 4) is 0 Å². The molecule has 1 saturated heterocycles. The summed E-state index contributed by atoms with van der Waals surface area (Å²) in [5, 5.41) is 12.4. The van der Waals surface area contributed by atoms with E-state index in [1.807, 2.05) is 19.2 Å². The van der Waals surface area contributed by atoms with E-state index in [9.17, 15) is 4.79 Å². The molecule has 2 atom stereocenters. The summed E-state index contributed by atoms with van der Waals surface area (Å²) >= 11 is 1.41. The molecular formula is C14H20N6O2S. The van der Waals surface area contributed by atoms with Crippen LogP contribution in [0.5, 0.6) is 0 Å². The van der Waals surface area contributed by atoms with Crippen LogP contribution in [0.2, 0.25) is 0 Å². The molecule has 0 aromatic carbocycles. The molecule has 3 rings (SSSR count). The quantitative estimate of drug-likeness (QED) is 0.852. The van der Waals surface area contributed by atoms with Gasteiger partial charge in [-0.25, -0.2) is 9.97 Å². The average molecular weight is 336 g/mol. The maximum atomic E-state index is 12.3. The molecule has 9 heteroatoms. The summed E-state index contributed by atoms with van der Waals surface area (Å²) in [6.45, 7) is 5.75. The minimum absolute atomic E-state index is 0.0650. The highest BCUT2D eigenvalue weighted by molar-refractivity contribution is 7.13. The van der Waals surface area contributed by atoms with Crippen molar-refractivity contribution in [1.82, 2.24) is 25.1 Å². The van der Waals surface area contributed by atoms with Gasteiger partial charge in [0, 0.05) is 31.1 Å². The van der Waals surface area contributed by atoms with Crippen LogP contribution < -0.4 is 5.32 Å². The van der Waals surface area contributed by atoms with E-state index in [0.29, 0.717) is 30.7 Å². The van der Waals surface area contributed by atoms with Crippen LogP contribution in [0, 0.1) is 0 Å². The lowest BCUT2D eigenvalue weighted by Gasteiger charge is -2.34. The summed E-state index contributed by atoms with van der Waals surface area (Å²) in [6, 6.07) is -0.269. The number of aromatic nitrogens is 4. The highest BCUT2D eigenvalue weighted by Crippen LogP contribution is 2.21. The highest BCUT2D eigenvalue weighted by atomic mass is 32.1. The van der Waals surface area contributed by atoms with Gasteiger partial charge in [-0.1, -0.05) is 6.92 Å². The molecule has 2 N–H and O–H groups in total. The van der Waals surface area contributed by atoms with Crippen molar-refractivity contribution in [3.05, 3.63) is 23.2 Å². The van der Waals surface area contributed by atoms with Crippen molar-refractivity contribution in [1.29, 1.82) is 0 Å². The molecule has 0 saturated carbocycles. The lowest BCUT2D eigenvalue weighted by molar-refractivity contribution is -0.124. The number of anilines is 1. The number of rotatable bonds is 5. The molecule has 1 fully saturated rings. The standard InChI is InChI=1S/C14H20N6O2S/c1-3-11-16-12(19-18-11)10-8-20(5-6-22-10)9(2)13(21)17-14-15-4-7-23-14/h4,7,9-10H,3,5-6,8H2,1-2H3,(H,15,17,21)(H,16,18,19). The molecule has 1 aliphatic rings. The number of hydrogen-bond donors (Lipinski definition) is 2. The van der Waals surface area contributed by atoms with Crippen molar-refractivity contribution in [2.24, 2.45) is 0 Å². The minimum atomic E-state index is -0.269. The summed E-state index contributed by atoms with van der Waals surface area (Å²) in [5.41, 5.74) is 0. The van der Waals surface area contributed by atoms with Crippen LogP contribution in [0.3, 0.4) is 0 Å². The first kappa shape index (κ1) is 16.0. The van der Waals surface area contributed by atoms with E-state index in [1.165, 1.54) is 11.3 Å². The number of H-pyrrole nitrogens is 1. The summed E-state index contributed by atoms with van der Waals surface area (Å²) in [6.07, 6.45) is 2.26. The Morgan fingerprint density at radius 1 is 1.65 bits per heavy atom. The Balaban J connectivity index is 1.62. The van der Waals surface area contributed by atoms with E-state index in [4.69, 9.17) is 4.74 Å². The zero-order chi connectivity index (χ0) is 16.2. The van der Waals surface area contributed by atoms with Gasteiger partial charge in [0.2, 0.25) is 5.91 Å². The number of aromatic amines is 1. The Morgan fingerprint density at radius 3 is 3.22 bits per heavy atom. The van der Waals surface area contributed by atoms with Crippen molar-refractivity contribution in [3.63, 3.8) is 0 Å². The Hall–Kier alpha value is -1.84. The molecule has 0 radical (unpaired) electrons. The molecule has 0 aliphatic carbocycles. The third kappa shape index (κ3) is 3.74. The van der Waals surface area contributed by atoms with E-state index in [0.717, 1.165) is 12.2 Å².